The molecule has 0 amide bonds. The Bertz CT molecular complexity index is 3690. The van der Waals surface area contributed by atoms with Gasteiger partial charge in [-0.2, -0.15) is 0 Å². The summed E-state index contributed by atoms with van der Waals surface area (Å²) in [4.78, 5) is 38.4. The van der Waals surface area contributed by atoms with E-state index in [1.807, 2.05) is 194 Å². The van der Waals surface area contributed by atoms with Crippen LogP contribution in [0.1, 0.15) is 0 Å². The summed E-state index contributed by atoms with van der Waals surface area (Å²) >= 11 is 0. The van der Waals surface area contributed by atoms with Gasteiger partial charge in [-0.3, -0.25) is 0 Å². The first-order valence-electron chi connectivity index (χ1n) is 21.9. The quantitative estimate of drug-likeness (QED) is 0.206. The van der Waals surface area contributed by atoms with E-state index in [0.717, 1.165) is 43.8 Å². The molecule has 346 valence electrons. The van der Waals surface area contributed by atoms with Crippen LogP contribution in [0.2, 0.25) is 0 Å². The van der Waals surface area contributed by atoms with Crippen LogP contribution < -0.4 is 56.2 Å². The summed E-state index contributed by atoms with van der Waals surface area (Å²) < 4.78 is 25.3. The van der Waals surface area contributed by atoms with Gasteiger partial charge in [0.1, 0.15) is 68.6 Å². The van der Waals surface area contributed by atoms with Crippen LogP contribution in [0.4, 0.5) is 0 Å². The molecular formula is C56H34AlCl3N8O4. The zero-order valence-electron chi connectivity index (χ0n) is 37.5. The molecule has 13 rings (SSSR count). The Labute approximate surface area is 440 Å². The number of fused-ring (bicyclic) bond motifs is 20. The maximum Gasteiger partial charge on any atom is 3.00 e. The van der Waals surface area contributed by atoms with Gasteiger partial charge in [-0.25, -0.2) is 29.9 Å². The molecule has 0 radical (unpaired) electrons. The molecule has 0 unspecified atom stereocenters. The van der Waals surface area contributed by atoms with Gasteiger partial charge in [0.05, 0.1) is 0 Å². The summed E-state index contributed by atoms with van der Waals surface area (Å²) in [5.74, 6) is 7.07. The average molecular weight is 1020 g/mol. The Morgan fingerprint density at radius 3 is 0.861 bits per heavy atom. The topological polar surface area (TPSA) is 146 Å². The molecular weight excluding hydrogens is 982 g/mol. The summed E-state index contributed by atoms with van der Waals surface area (Å²) in [6.07, 6.45) is 0. The Hall–Kier alpha value is -8.28. The number of benzene rings is 8. The van der Waals surface area contributed by atoms with Crippen molar-refractivity contribution in [2.75, 3.05) is 0 Å². The Kier molecular flexibility index (Phi) is 13.9. The summed E-state index contributed by atoms with van der Waals surface area (Å²) in [5.41, 5.74) is 5.12. The minimum atomic E-state index is 0. The van der Waals surface area contributed by atoms with E-state index < -0.39 is 0 Å². The van der Waals surface area contributed by atoms with Crippen molar-refractivity contribution >= 4 is 61.5 Å². The molecule has 0 saturated heterocycles. The number of aromatic amines is 2. The van der Waals surface area contributed by atoms with E-state index in [-0.39, 0.29) is 54.6 Å². The van der Waals surface area contributed by atoms with E-state index in [1.165, 1.54) is 0 Å². The standard InChI is InChI=1S/C56H34N8O4.Al.3ClH/c1-5-13-33(14-6-1)65-37-21-25-41-45(29-37)53-57-49(41)62-54-47-31-39(67-35-17-9-3-10-18-35)23-27-43(47)51(59-54)64-56-48-32-40(68-36-19-11-4-12-20-36)24-28-44(48)52(60-56)63-55-46-30-38(66-34-15-7-2-8-16-34)22-26-42(46)50(58-55)61-53;;;;/h1-32H,(H2,57,58,59,60,61,62,63,64);;3*1H/q;+3;;;/p-3. The number of nitrogens with one attached hydrogen (secondary N) is 2. The van der Waals surface area contributed by atoms with Crippen LogP contribution >= 0.6 is 0 Å². The van der Waals surface area contributed by atoms with Crippen LogP contribution in [0.5, 0.6) is 46.0 Å². The predicted octanol–water partition coefficient (Wildman–Crippen LogP) is 4.67. The van der Waals surface area contributed by atoms with Gasteiger partial charge in [0.25, 0.3) is 0 Å². The van der Waals surface area contributed by atoms with E-state index in [2.05, 4.69) is 9.97 Å². The molecule has 0 atom stereocenters. The first-order valence-corrected chi connectivity index (χ1v) is 21.9. The third-order valence-electron chi connectivity index (χ3n) is 11.6. The molecule has 0 saturated carbocycles. The number of aromatic nitrogens is 8. The van der Waals surface area contributed by atoms with E-state index in [4.69, 9.17) is 48.9 Å². The number of H-pyrrole nitrogens is 2. The monoisotopic (exact) mass is 1010 g/mol. The number of rotatable bonds is 8. The van der Waals surface area contributed by atoms with Gasteiger partial charge in [0, 0.05) is 43.8 Å². The van der Waals surface area contributed by atoms with Crippen molar-refractivity contribution in [3.8, 4) is 91.5 Å². The minimum Gasteiger partial charge on any atom is -1.00 e. The van der Waals surface area contributed by atoms with Gasteiger partial charge in [-0.05, 0) is 121 Å². The molecule has 8 bridgehead atoms. The maximum atomic E-state index is 6.34. The van der Waals surface area contributed by atoms with E-state index in [1.54, 1.807) is 0 Å². The first kappa shape index (κ1) is 48.7. The number of hydrogen-bond donors (Lipinski definition) is 2. The van der Waals surface area contributed by atoms with Crippen molar-refractivity contribution < 1.29 is 56.2 Å². The number of ether oxygens (including phenoxy) is 4. The van der Waals surface area contributed by atoms with Crippen LogP contribution in [0.25, 0.3) is 89.7 Å². The van der Waals surface area contributed by atoms with Crippen molar-refractivity contribution in [1.82, 2.24) is 39.9 Å². The van der Waals surface area contributed by atoms with Crippen LogP contribution in [0.3, 0.4) is 0 Å². The van der Waals surface area contributed by atoms with Crippen molar-refractivity contribution in [2.24, 2.45) is 0 Å². The minimum absolute atomic E-state index is 0. The molecule has 0 fully saturated rings. The molecule has 2 aliphatic rings. The smallest absolute Gasteiger partial charge is 1.00 e. The molecule has 2 N–H and O–H groups in total. The molecule has 8 aromatic carbocycles. The van der Waals surface area contributed by atoms with Crippen LogP contribution in [-0.2, 0) is 0 Å². The fourth-order valence-corrected chi connectivity index (χ4v) is 8.46. The van der Waals surface area contributed by atoms with Gasteiger partial charge < -0.3 is 66.1 Å². The second-order valence-electron chi connectivity index (χ2n) is 16.1. The molecule has 12 nitrogen and oxygen atoms in total. The van der Waals surface area contributed by atoms with Crippen molar-refractivity contribution in [2.45, 2.75) is 0 Å². The predicted molar refractivity (Wildman–Crippen MR) is 268 cm³/mol. The van der Waals surface area contributed by atoms with Crippen LogP contribution in [0, 0.1) is 0 Å². The SMILES string of the molecule is [Al+3].[Cl-].[Cl-].[Cl-].c1ccc(Oc2ccc3c(c2)-c2nc-3nc3[nH]c(nc4nc(nc5[nH]c(n2)c2ccc(Oc6ccccc6)cc52)-c2ccc(Oc5ccccc5)cc2-4)c2ccc(Oc4ccccc4)cc32)cc1. The summed E-state index contributed by atoms with van der Waals surface area (Å²) in [6, 6.07) is 62.0. The molecule has 16 heteroatoms. The summed E-state index contributed by atoms with van der Waals surface area (Å²) in [6.45, 7) is 0. The second-order valence-corrected chi connectivity index (χ2v) is 16.1. The largest absolute Gasteiger partial charge is 3.00 e. The second kappa shape index (κ2) is 20.6. The van der Waals surface area contributed by atoms with Crippen LogP contribution in [-0.4, -0.2) is 57.2 Å². The van der Waals surface area contributed by atoms with Gasteiger partial charge in [0.15, 0.2) is 23.3 Å². The first-order chi connectivity index (χ1) is 33.6. The van der Waals surface area contributed by atoms with E-state index in [0.29, 0.717) is 91.9 Å². The molecule has 72 heavy (non-hydrogen) atoms. The van der Waals surface area contributed by atoms with Gasteiger partial charge >= 0.3 is 17.4 Å². The molecule has 5 heterocycles. The van der Waals surface area contributed by atoms with Gasteiger partial charge in [-0.15, -0.1) is 0 Å². The third-order valence-corrected chi connectivity index (χ3v) is 11.6. The molecule has 0 spiro atoms. The molecule has 0 aliphatic carbocycles. The Morgan fingerprint density at radius 2 is 0.528 bits per heavy atom. The van der Waals surface area contributed by atoms with Crippen molar-refractivity contribution in [3.05, 3.63) is 194 Å². The van der Waals surface area contributed by atoms with Crippen molar-refractivity contribution in [1.29, 1.82) is 0 Å². The van der Waals surface area contributed by atoms with E-state index in [9.17, 15) is 0 Å². The third kappa shape index (κ3) is 9.39. The Balaban J connectivity index is 0.00000160. The fraction of sp³-hybridized carbons (Fsp3) is 0. The van der Waals surface area contributed by atoms with Gasteiger partial charge in [0.2, 0.25) is 0 Å². The van der Waals surface area contributed by atoms with Crippen molar-refractivity contribution in [3.63, 3.8) is 0 Å². The zero-order valence-corrected chi connectivity index (χ0v) is 40.9. The zero-order chi connectivity index (χ0) is 45.0. The Morgan fingerprint density at radius 1 is 0.250 bits per heavy atom. The summed E-state index contributed by atoms with van der Waals surface area (Å²) in [7, 11) is 0. The molecule has 11 aromatic rings. The average Bonchev–Trinajstić information content (AvgIpc) is 4.10. The van der Waals surface area contributed by atoms with E-state index >= 15 is 0 Å². The maximum absolute atomic E-state index is 6.34. The molecule has 2 aliphatic heterocycles. The number of halogens is 3. The molecule has 3 aromatic heterocycles. The number of nitrogens with zero attached hydrogens (tertiary/aromatic N) is 6. The number of para-hydroxylation sites is 4. The normalized spacial score (nSPS) is 10.9. The fourth-order valence-electron chi connectivity index (χ4n) is 8.46. The summed E-state index contributed by atoms with van der Waals surface area (Å²) in [5, 5.41) is 3.12. The van der Waals surface area contributed by atoms with Gasteiger partial charge in [-0.1, -0.05) is 72.8 Å². The van der Waals surface area contributed by atoms with Crippen LogP contribution in [0.15, 0.2) is 194 Å². The number of hydrogen-bond acceptors (Lipinski definition) is 10.